The minimum atomic E-state index is -3.04. The van der Waals surface area contributed by atoms with Crippen molar-refractivity contribution in [2.24, 2.45) is 5.92 Å². The molecule has 0 radical (unpaired) electrons. The quantitative estimate of drug-likeness (QED) is 0.758. The van der Waals surface area contributed by atoms with E-state index >= 15 is 0 Å². The normalized spacial score (nSPS) is 25.9. The summed E-state index contributed by atoms with van der Waals surface area (Å²) in [5.41, 5.74) is -0.0467. The Morgan fingerprint density at radius 2 is 2.17 bits per heavy atom. The van der Waals surface area contributed by atoms with E-state index in [0.29, 0.717) is 24.9 Å². The first-order valence-corrected chi connectivity index (χ1v) is 8.95. The third-order valence-electron chi connectivity index (χ3n) is 3.84. The number of sulfonamides is 1. The predicted octanol–water partition coefficient (Wildman–Crippen LogP) is 1.66. The van der Waals surface area contributed by atoms with Crippen LogP contribution in [0.1, 0.15) is 33.1 Å². The van der Waals surface area contributed by atoms with E-state index in [2.05, 4.69) is 19.2 Å². The van der Waals surface area contributed by atoms with E-state index in [4.69, 9.17) is 11.6 Å². The van der Waals surface area contributed by atoms with Crippen molar-refractivity contribution in [3.63, 3.8) is 0 Å². The van der Waals surface area contributed by atoms with Gasteiger partial charge in [-0.15, -0.1) is 11.6 Å². The largest absolute Gasteiger partial charge is 0.310 e. The molecule has 0 aromatic carbocycles. The van der Waals surface area contributed by atoms with Crippen molar-refractivity contribution < 1.29 is 8.42 Å². The lowest BCUT2D eigenvalue weighted by atomic mass is 9.96. The van der Waals surface area contributed by atoms with E-state index in [0.717, 1.165) is 25.8 Å². The molecule has 1 heterocycles. The van der Waals surface area contributed by atoms with Gasteiger partial charge in [0.2, 0.25) is 10.0 Å². The Bertz CT molecular complexity index is 355. The van der Waals surface area contributed by atoms with Gasteiger partial charge in [-0.3, -0.25) is 0 Å². The van der Waals surface area contributed by atoms with Crippen molar-refractivity contribution >= 4 is 21.6 Å². The summed E-state index contributed by atoms with van der Waals surface area (Å²) in [5, 5.41) is 3.48. The zero-order valence-electron chi connectivity index (χ0n) is 11.6. The van der Waals surface area contributed by atoms with Gasteiger partial charge in [-0.05, 0) is 38.6 Å². The molecule has 2 unspecified atom stereocenters. The molecular weight excluding hydrogens is 272 g/mol. The van der Waals surface area contributed by atoms with Gasteiger partial charge in [0.15, 0.2) is 0 Å². The van der Waals surface area contributed by atoms with E-state index in [1.54, 1.807) is 4.31 Å². The number of hydrogen-bond acceptors (Lipinski definition) is 3. The van der Waals surface area contributed by atoms with Gasteiger partial charge in [0, 0.05) is 24.5 Å². The molecule has 6 heteroatoms. The van der Waals surface area contributed by atoms with Crippen LogP contribution < -0.4 is 5.32 Å². The summed E-state index contributed by atoms with van der Waals surface area (Å²) in [5.74, 6) is 0.967. The van der Waals surface area contributed by atoms with Crippen molar-refractivity contribution in [2.75, 3.05) is 31.8 Å². The summed E-state index contributed by atoms with van der Waals surface area (Å²) in [6.07, 6.45) is 4.29. The lowest BCUT2D eigenvalue weighted by Gasteiger charge is -2.34. The molecule has 0 bridgehead atoms. The van der Waals surface area contributed by atoms with Gasteiger partial charge in [0.25, 0.3) is 0 Å². The maximum absolute atomic E-state index is 11.5. The Kier molecular flexibility index (Phi) is 5.90. The van der Waals surface area contributed by atoms with Crippen molar-refractivity contribution in [3.05, 3.63) is 0 Å². The van der Waals surface area contributed by atoms with Crippen LogP contribution in [0.15, 0.2) is 0 Å². The summed E-state index contributed by atoms with van der Waals surface area (Å²) in [7, 11) is -3.04. The second-order valence-electron chi connectivity index (χ2n) is 5.56. The first-order valence-electron chi connectivity index (χ1n) is 6.57. The molecule has 1 aliphatic heterocycles. The smallest absolute Gasteiger partial charge is 0.211 e. The molecule has 1 aliphatic rings. The fourth-order valence-corrected chi connectivity index (χ4v) is 3.38. The number of rotatable bonds is 6. The van der Waals surface area contributed by atoms with Crippen LogP contribution in [-0.4, -0.2) is 50.0 Å². The first-order chi connectivity index (χ1) is 8.30. The topological polar surface area (TPSA) is 49.4 Å². The molecule has 4 nitrogen and oxygen atoms in total. The Labute approximate surface area is 116 Å². The summed E-state index contributed by atoms with van der Waals surface area (Å²) < 4.78 is 24.6. The molecule has 2 atom stereocenters. The van der Waals surface area contributed by atoms with Gasteiger partial charge < -0.3 is 5.32 Å². The van der Waals surface area contributed by atoms with Gasteiger partial charge in [-0.25, -0.2) is 12.7 Å². The standard InChI is InChI=1S/C12H25ClN2O2S/c1-4-12(2,10-13)14-8-11-6-5-7-15(9-11)18(3,16)17/h11,14H,4-10H2,1-3H3. The number of hydrogen-bond donors (Lipinski definition) is 1. The van der Waals surface area contributed by atoms with Gasteiger partial charge in [0.05, 0.1) is 6.26 Å². The molecule has 1 fully saturated rings. The second-order valence-corrected chi connectivity index (χ2v) is 7.81. The van der Waals surface area contributed by atoms with Crippen molar-refractivity contribution in [1.82, 2.24) is 9.62 Å². The van der Waals surface area contributed by atoms with E-state index in [1.807, 2.05) is 0 Å². The number of nitrogens with zero attached hydrogens (tertiary/aromatic N) is 1. The highest BCUT2D eigenvalue weighted by atomic mass is 35.5. The Morgan fingerprint density at radius 3 is 2.67 bits per heavy atom. The monoisotopic (exact) mass is 296 g/mol. The van der Waals surface area contributed by atoms with Crippen LogP contribution >= 0.6 is 11.6 Å². The van der Waals surface area contributed by atoms with Gasteiger partial charge in [0.1, 0.15) is 0 Å². The third-order valence-corrected chi connectivity index (χ3v) is 5.70. The SMILES string of the molecule is CCC(C)(CCl)NCC1CCCN(S(C)(=O)=O)C1. The molecule has 108 valence electrons. The van der Waals surface area contributed by atoms with E-state index in [9.17, 15) is 8.42 Å². The lowest BCUT2D eigenvalue weighted by molar-refractivity contribution is 0.241. The Hall–Kier alpha value is 0.160. The highest BCUT2D eigenvalue weighted by Crippen LogP contribution is 2.19. The average molecular weight is 297 g/mol. The summed E-state index contributed by atoms with van der Waals surface area (Å²) >= 11 is 5.96. The molecule has 0 aliphatic carbocycles. The van der Waals surface area contributed by atoms with Crippen LogP contribution in [0.5, 0.6) is 0 Å². The van der Waals surface area contributed by atoms with Crippen LogP contribution in [-0.2, 0) is 10.0 Å². The molecule has 1 saturated heterocycles. The van der Waals surface area contributed by atoms with Crippen LogP contribution in [0, 0.1) is 5.92 Å². The van der Waals surface area contributed by atoms with E-state index in [1.165, 1.54) is 6.26 Å². The molecule has 1 rings (SSSR count). The van der Waals surface area contributed by atoms with Crippen LogP contribution in [0.3, 0.4) is 0 Å². The molecule has 0 aromatic heterocycles. The summed E-state index contributed by atoms with van der Waals surface area (Å²) in [6.45, 7) is 6.35. The Balaban J connectivity index is 2.49. The molecule has 0 saturated carbocycles. The molecule has 0 amide bonds. The molecule has 0 aromatic rings. The van der Waals surface area contributed by atoms with Crippen LogP contribution in [0.25, 0.3) is 0 Å². The fraction of sp³-hybridized carbons (Fsp3) is 1.00. The third kappa shape index (κ3) is 4.68. The first kappa shape index (κ1) is 16.2. The lowest BCUT2D eigenvalue weighted by Crippen LogP contribution is -2.49. The van der Waals surface area contributed by atoms with E-state index < -0.39 is 10.0 Å². The summed E-state index contributed by atoms with van der Waals surface area (Å²) in [6, 6.07) is 0. The molecular formula is C12H25ClN2O2S. The molecule has 1 N–H and O–H groups in total. The summed E-state index contributed by atoms with van der Waals surface area (Å²) in [4.78, 5) is 0. The highest BCUT2D eigenvalue weighted by molar-refractivity contribution is 7.88. The van der Waals surface area contributed by atoms with Gasteiger partial charge in [-0.1, -0.05) is 6.92 Å². The maximum atomic E-state index is 11.5. The van der Waals surface area contributed by atoms with Gasteiger partial charge >= 0.3 is 0 Å². The number of alkyl halides is 1. The van der Waals surface area contributed by atoms with Crippen LogP contribution in [0.4, 0.5) is 0 Å². The van der Waals surface area contributed by atoms with Crippen molar-refractivity contribution in [2.45, 2.75) is 38.6 Å². The maximum Gasteiger partial charge on any atom is 0.211 e. The predicted molar refractivity (Wildman–Crippen MR) is 76.6 cm³/mol. The van der Waals surface area contributed by atoms with Crippen molar-refractivity contribution in [3.8, 4) is 0 Å². The second kappa shape index (κ2) is 6.55. The number of nitrogens with one attached hydrogen (secondary N) is 1. The zero-order valence-corrected chi connectivity index (χ0v) is 13.1. The molecule has 0 spiro atoms. The average Bonchev–Trinajstić information content (AvgIpc) is 2.35. The number of halogens is 1. The minimum Gasteiger partial charge on any atom is -0.310 e. The Morgan fingerprint density at radius 1 is 1.50 bits per heavy atom. The highest BCUT2D eigenvalue weighted by Gasteiger charge is 2.28. The minimum absolute atomic E-state index is 0.0467. The van der Waals surface area contributed by atoms with Crippen LogP contribution in [0.2, 0.25) is 0 Å². The molecule has 18 heavy (non-hydrogen) atoms. The number of piperidine rings is 1. The van der Waals surface area contributed by atoms with Gasteiger partial charge in [-0.2, -0.15) is 0 Å². The van der Waals surface area contributed by atoms with Crippen molar-refractivity contribution in [1.29, 1.82) is 0 Å². The van der Waals surface area contributed by atoms with E-state index in [-0.39, 0.29) is 5.54 Å². The fourth-order valence-electron chi connectivity index (χ4n) is 2.15. The zero-order chi connectivity index (χ0) is 13.8.